The van der Waals surface area contributed by atoms with Crippen LogP contribution >= 0.6 is 0 Å². The third-order valence-electron chi connectivity index (χ3n) is 2.56. The highest BCUT2D eigenvalue weighted by Gasteiger charge is 2.24. The fraction of sp³-hybridized carbons (Fsp3) is 0.818. The van der Waals surface area contributed by atoms with Gasteiger partial charge in [-0.3, -0.25) is 9.59 Å². The van der Waals surface area contributed by atoms with Gasteiger partial charge in [0.05, 0.1) is 0 Å². The van der Waals surface area contributed by atoms with E-state index < -0.39 is 0 Å². The molecule has 1 heterocycles. The standard InChI is InChI=1S/C9H16N2O2.C2H6/c1-7(12)11-5-3-8(4-6-11)9(13)10-2;1-2/h8H,3-6H2,1-2H3,(H,10,13);1-2H3. The molecule has 0 bridgehead atoms. The Labute approximate surface area is 92.0 Å². The molecule has 2 amide bonds. The Hall–Kier alpha value is -1.06. The van der Waals surface area contributed by atoms with Gasteiger partial charge < -0.3 is 10.2 Å². The van der Waals surface area contributed by atoms with Crippen LogP contribution in [-0.4, -0.2) is 36.9 Å². The van der Waals surface area contributed by atoms with E-state index in [0.29, 0.717) is 13.1 Å². The lowest BCUT2D eigenvalue weighted by molar-refractivity contribution is -0.133. The Morgan fingerprint density at radius 2 is 1.67 bits per heavy atom. The number of hydrogen-bond acceptors (Lipinski definition) is 2. The number of carbonyl (C=O) groups excluding carboxylic acids is 2. The van der Waals surface area contributed by atoms with Crippen molar-refractivity contribution in [3.8, 4) is 0 Å². The first-order valence-electron chi connectivity index (χ1n) is 5.62. The lowest BCUT2D eigenvalue weighted by atomic mass is 9.96. The lowest BCUT2D eigenvalue weighted by Crippen LogP contribution is -2.41. The van der Waals surface area contributed by atoms with Crippen molar-refractivity contribution in [3.05, 3.63) is 0 Å². The van der Waals surface area contributed by atoms with E-state index in [1.807, 2.05) is 13.8 Å². The predicted molar refractivity (Wildman–Crippen MR) is 60.4 cm³/mol. The molecule has 0 atom stereocenters. The Kier molecular flexibility index (Phi) is 6.75. The van der Waals surface area contributed by atoms with Gasteiger partial charge in [0.2, 0.25) is 11.8 Å². The normalized spacial score (nSPS) is 16.4. The molecule has 1 rings (SSSR count). The van der Waals surface area contributed by atoms with Crippen molar-refractivity contribution in [1.82, 2.24) is 10.2 Å². The summed E-state index contributed by atoms with van der Waals surface area (Å²) in [5, 5.41) is 2.64. The minimum Gasteiger partial charge on any atom is -0.359 e. The first-order chi connectivity index (χ1) is 7.15. The molecule has 15 heavy (non-hydrogen) atoms. The van der Waals surface area contributed by atoms with Gasteiger partial charge in [0.15, 0.2) is 0 Å². The van der Waals surface area contributed by atoms with Crippen LogP contribution in [0.25, 0.3) is 0 Å². The van der Waals surface area contributed by atoms with Crippen LogP contribution in [0.3, 0.4) is 0 Å². The maximum atomic E-state index is 11.2. The summed E-state index contributed by atoms with van der Waals surface area (Å²) in [5.41, 5.74) is 0. The third kappa shape index (κ3) is 4.32. The number of hydrogen-bond donors (Lipinski definition) is 1. The van der Waals surface area contributed by atoms with Gasteiger partial charge in [-0.2, -0.15) is 0 Å². The van der Waals surface area contributed by atoms with Gasteiger partial charge in [-0.15, -0.1) is 0 Å². The molecule has 1 saturated heterocycles. The highest BCUT2D eigenvalue weighted by atomic mass is 16.2. The summed E-state index contributed by atoms with van der Waals surface area (Å²) in [6.07, 6.45) is 1.58. The Morgan fingerprint density at radius 1 is 1.20 bits per heavy atom. The number of amides is 2. The van der Waals surface area contributed by atoms with Gasteiger partial charge in [0, 0.05) is 33.0 Å². The molecule has 1 aliphatic heterocycles. The van der Waals surface area contributed by atoms with Gasteiger partial charge in [0.25, 0.3) is 0 Å². The fourth-order valence-electron chi connectivity index (χ4n) is 1.66. The molecule has 0 unspecified atom stereocenters. The van der Waals surface area contributed by atoms with E-state index in [1.54, 1.807) is 18.9 Å². The van der Waals surface area contributed by atoms with Gasteiger partial charge in [0.1, 0.15) is 0 Å². The van der Waals surface area contributed by atoms with Crippen molar-refractivity contribution in [2.75, 3.05) is 20.1 Å². The number of nitrogens with zero attached hydrogens (tertiary/aromatic N) is 1. The molecule has 0 aliphatic carbocycles. The number of piperidine rings is 1. The van der Waals surface area contributed by atoms with Gasteiger partial charge in [-0.25, -0.2) is 0 Å². The van der Waals surface area contributed by atoms with Crippen LogP contribution in [0.4, 0.5) is 0 Å². The average molecular weight is 214 g/mol. The second-order valence-electron chi connectivity index (χ2n) is 3.39. The molecule has 0 aromatic carbocycles. The summed E-state index contributed by atoms with van der Waals surface area (Å²) in [4.78, 5) is 24.0. The fourth-order valence-corrected chi connectivity index (χ4v) is 1.66. The van der Waals surface area contributed by atoms with Crippen LogP contribution in [0.2, 0.25) is 0 Å². The zero-order valence-corrected chi connectivity index (χ0v) is 10.2. The molecule has 1 aliphatic rings. The molecule has 88 valence electrons. The van der Waals surface area contributed by atoms with Crippen molar-refractivity contribution in [2.45, 2.75) is 33.6 Å². The summed E-state index contributed by atoms with van der Waals surface area (Å²) in [5.74, 6) is 0.305. The van der Waals surface area contributed by atoms with Crippen LogP contribution in [-0.2, 0) is 9.59 Å². The lowest BCUT2D eigenvalue weighted by Gasteiger charge is -2.30. The molecule has 1 fully saturated rings. The molecule has 1 N–H and O–H groups in total. The second-order valence-corrected chi connectivity index (χ2v) is 3.39. The topological polar surface area (TPSA) is 49.4 Å². The highest BCUT2D eigenvalue weighted by Crippen LogP contribution is 2.16. The van der Waals surface area contributed by atoms with E-state index >= 15 is 0 Å². The number of nitrogens with one attached hydrogen (secondary N) is 1. The van der Waals surface area contributed by atoms with Crippen LogP contribution < -0.4 is 5.32 Å². The van der Waals surface area contributed by atoms with E-state index in [9.17, 15) is 9.59 Å². The van der Waals surface area contributed by atoms with Crippen molar-refractivity contribution in [3.63, 3.8) is 0 Å². The monoisotopic (exact) mass is 214 g/mol. The molecular formula is C11H22N2O2. The summed E-state index contributed by atoms with van der Waals surface area (Å²) in [6.45, 7) is 7.00. The van der Waals surface area contributed by atoms with E-state index in [-0.39, 0.29) is 17.7 Å². The summed E-state index contributed by atoms with van der Waals surface area (Å²) in [7, 11) is 1.65. The van der Waals surface area contributed by atoms with E-state index in [2.05, 4.69) is 5.32 Å². The molecular weight excluding hydrogens is 192 g/mol. The van der Waals surface area contributed by atoms with Crippen LogP contribution in [0.15, 0.2) is 0 Å². The molecule has 4 heteroatoms. The minimum atomic E-state index is 0.0978. The van der Waals surface area contributed by atoms with Crippen molar-refractivity contribution in [1.29, 1.82) is 0 Å². The summed E-state index contributed by atoms with van der Waals surface area (Å²) >= 11 is 0. The third-order valence-corrected chi connectivity index (χ3v) is 2.56. The van der Waals surface area contributed by atoms with Crippen LogP contribution in [0.1, 0.15) is 33.6 Å². The van der Waals surface area contributed by atoms with Crippen molar-refractivity contribution in [2.24, 2.45) is 5.92 Å². The largest absolute Gasteiger partial charge is 0.359 e. The van der Waals surface area contributed by atoms with E-state index in [0.717, 1.165) is 12.8 Å². The minimum absolute atomic E-state index is 0.0978. The van der Waals surface area contributed by atoms with Gasteiger partial charge >= 0.3 is 0 Å². The molecule has 0 saturated carbocycles. The first-order valence-corrected chi connectivity index (χ1v) is 5.62. The van der Waals surface area contributed by atoms with Crippen molar-refractivity contribution >= 4 is 11.8 Å². The Balaban J connectivity index is 0.000000921. The van der Waals surface area contributed by atoms with E-state index in [4.69, 9.17) is 0 Å². The molecule has 0 aromatic rings. The SMILES string of the molecule is CC.CNC(=O)C1CCN(C(C)=O)CC1. The number of carbonyl (C=O) groups is 2. The zero-order valence-electron chi connectivity index (χ0n) is 10.2. The van der Waals surface area contributed by atoms with Crippen molar-refractivity contribution < 1.29 is 9.59 Å². The maximum Gasteiger partial charge on any atom is 0.222 e. The number of likely N-dealkylation sites (tertiary alicyclic amines) is 1. The van der Waals surface area contributed by atoms with E-state index in [1.165, 1.54) is 0 Å². The van der Waals surface area contributed by atoms with Crippen LogP contribution in [0.5, 0.6) is 0 Å². The average Bonchev–Trinajstić information content (AvgIpc) is 2.31. The second kappa shape index (κ2) is 7.26. The zero-order chi connectivity index (χ0) is 11.8. The smallest absolute Gasteiger partial charge is 0.222 e. The molecule has 4 nitrogen and oxygen atoms in total. The van der Waals surface area contributed by atoms with Gasteiger partial charge in [-0.1, -0.05) is 13.8 Å². The summed E-state index contributed by atoms with van der Waals surface area (Å²) in [6, 6.07) is 0. The maximum absolute atomic E-state index is 11.2. The highest BCUT2D eigenvalue weighted by molar-refractivity contribution is 5.79. The predicted octanol–water partition coefficient (Wildman–Crippen LogP) is 1.02. The number of rotatable bonds is 1. The Morgan fingerprint density at radius 3 is 2.00 bits per heavy atom. The molecule has 0 aromatic heterocycles. The Bertz CT molecular complexity index is 209. The first kappa shape index (κ1) is 13.9. The summed E-state index contributed by atoms with van der Waals surface area (Å²) < 4.78 is 0. The quantitative estimate of drug-likeness (QED) is 0.708. The molecule has 0 spiro atoms. The van der Waals surface area contributed by atoms with Gasteiger partial charge in [-0.05, 0) is 12.8 Å². The molecule has 0 radical (unpaired) electrons. The van der Waals surface area contributed by atoms with Crippen LogP contribution in [0, 0.1) is 5.92 Å².